The van der Waals surface area contributed by atoms with Crippen molar-refractivity contribution in [1.82, 2.24) is 5.32 Å². The molecule has 0 spiro atoms. The summed E-state index contributed by atoms with van der Waals surface area (Å²) in [4.78, 5) is 24.2. The van der Waals surface area contributed by atoms with E-state index in [2.05, 4.69) is 10.6 Å². The van der Waals surface area contributed by atoms with Gasteiger partial charge in [-0.2, -0.15) is 0 Å². The topological polar surface area (TPSA) is 76.7 Å². The zero-order valence-corrected chi connectivity index (χ0v) is 14.3. The number of anilines is 1. The van der Waals surface area contributed by atoms with Crippen LogP contribution < -0.4 is 15.4 Å². The van der Waals surface area contributed by atoms with Crippen LogP contribution >= 0.6 is 0 Å². The minimum absolute atomic E-state index is 0.0834. The van der Waals surface area contributed by atoms with Crippen molar-refractivity contribution >= 4 is 17.7 Å². The third-order valence-electron chi connectivity index (χ3n) is 3.51. The monoisotopic (exact) mass is 342 g/mol. The van der Waals surface area contributed by atoms with Crippen molar-refractivity contribution in [3.63, 3.8) is 0 Å². The number of benzene rings is 2. The fraction of sp³-hybridized carbons (Fsp3) is 0.263. The number of carbonyl (C=O) groups is 2. The summed E-state index contributed by atoms with van der Waals surface area (Å²) in [6.07, 6.45) is -0.467. The minimum atomic E-state index is -0.550. The van der Waals surface area contributed by atoms with Crippen molar-refractivity contribution < 1.29 is 19.1 Å². The molecule has 2 N–H and O–H groups in total. The molecule has 0 aliphatic rings. The number of alkyl carbamates (subject to hydrolysis) is 1. The van der Waals surface area contributed by atoms with Gasteiger partial charge in [-0.15, -0.1) is 0 Å². The van der Waals surface area contributed by atoms with Gasteiger partial charge in [-0.05, 0) is 24.6 Å². The van der Waals surface area contributed by atoms with Gasteiger partial charge in [0.05, 0.1) is 26.2 Å². The van der Waals surface area contributed by atoms with Crippen molar-refractivity contribution in [3.05, 3.63) is 60.2 Å². The number of rotatable bonds is 7. The summed E-state index contributed by atoms with van der Waals surface area (Å²) in [6.45, 7) is 2.00. The highest BCUT2D eigenvalue weighted by molar-refractivity contribution is 5.91. The zero-order valence-electron chi connectivity index (χ0n) is 14.3. The average molecular weight is 342 g/mol. The molecule has 0 fully saturated rings. The Morgan fingerprint density at radius 3 is 2.52 bits per heavy atom. The maximum absolute atomic E-state index is 12.4. The number of amides is 2. The first-order valence-corrected chi connectivity index (χ1v) is 8.04. The number of methoxy groups -OCH3 is 1. The Balaban J connectivity index is 2.06. The summed E-state index contributed by atoms with van der Waals surface area (Å²) in [5, 5.41) is 5.54. The predicted octanol–water partition coefficient (Wildman–Crippen LogP) is 3.51. The fourth-order valence-electron chi connectivity index (χ4n) is 2.35. The maximum Gasteiger partial charge on any atom is 0.407 e. The van der Waals surface area contributed by atoms with E-state index in [1.165, 1.54) is 0 Å². The van der Waals surface area contributed by atoms with Crippen molar-refractivity contribution in [2.24, 2.45) is 0 Å². The predicted molar refractivity (Wildman–Crippen MR) is 95.6 cm³/mol. The molecule has 0 radical (unpaired) electrons. The summed E-state index contributed by atoms with van der Waals surface area (Å²) in [6, 6.07) is 15.9. The van der Waals surface area contributed by atoms with Crippen molar-refractivity contribution in [1.29, 1.82) is 0 Å². The van der Waals surface area contributed by atoms with Gasteiger partial charge in [0.2, 0.25) is 5.91 Å². The van der Waals surface area contributed by atoms with E-state index in [1.54, 1.807) is 38.3 Å². The molecule has 0 heterocycles. The second-order valence-corrected chi connectivity index (χ2v) is 5.31. The minimum Gasteiger partial charge on any atom is -0.497 e. The molecule has 0 aliphatic carbocycles. The molecule has 6 heteroatoms. The van der Waals surface area contributed by atoms with Crippen LogP contribution in [0.3, 0.4) is 0 Å². The van der Waals surface area contributed by atoms with Crippen molar-refractivity contribution in [3.8, 4) is 5.75 Å². The first-order chi connectivity index (χ1) is 12.1. The van der Waals surface area contributed by atoms with E-state index in [1.807, 2.05) is 30.3 Å². The fourth-order valence-corrected chi connectivity index (χ4v) is 2.35. The van der Waals surface area contributed by atoms with Gasteiger partial charge in [0.15, 0.2) is 0 Å². The first kappa shape index (κ1) is 18.3. The van der Waals surface area contributed by atoms with Crippen molar-refractivity contribution in [2.45, 2.75) is 19.4 Å². The third kappa shape index (κ3) is 5.84. The number of nitrogens with one attached hydrogen (secondary N) is 2. The highest BCUT2D eigenvalue weighted by Crippen LogP contribution is 2.20. The molecule has 0 bridgehead atoms. The second kappa shape index (κ2) is 9.32. The lowest BCUT2D eigenvalue weighted by molar-refractivity contribution is -0.116. The Hall–Kier alpha value is -3.02. The molecule has 2 amide bonds. The number of hydrogen-bond donors (Lipinski definition) is 2. The Morgan fingerprint density at radius 1 is 1.08 bits per heavy atom. The van der Waals surface area contributed by atoms with E-state index in [0.29, 0.717) is 11.4 Å². The lowest BCUT2D eigenvalue weighted by atomic mass is 10.0. The van der Waals surface area contributed by atoms with E-state index in [-0.39, 0.29) is 18.9 Å². The second-order valence-electron chi connectivity index (χ2n) is 5.31. The molecular weight excluding hydrogens is 320 g/mol. The molecule has 0 saturated carbocycles. The summed E-state index contributed by atoms with van der Waals surface area (Å²) in [5.74, 6) is 0.431. The molecule has 2 rings (SSSR count). The van der Waals surface area contributed by atoms with Gasteiger partial charge in [-0.3, -0.25) is 4.79 Å². The molecule has 1 atom stereocenters. The molecule has 0 aliphatic heterocycles. The first-order valence-electron chi connectivity index (χ1n) is 8.04. The van der Waals surface area contributed by atoms with Crippen LogP contribution in [0.25, 0.3) is 0 Å². The van der Waals surface area contributed by atoms with Crippen LogP contribution in [0.2, 0.25) is 0 Å². The van der Waals surface area contributed by atoms with E-state index < -0.39 is 12.1 Å². The summed E-state index contributed by atoms with van der Waals surface area (Å²) in [5.41, 5.74) is 1.46. The quantitative estimate of drug-likeness (QED) is 0.807. The van der Waals surface area contributed by atoms with E-state index >= 15 is 0 Å². The van der Waals surface area contributed by atoms with Crippen LogP contribution in [0.1, 0.15) is 24.9 Å². The molecule has 2 aromatic rings. The summed E-state index contributed by atoms with van der Waals surface area (Å²) >= 11 is 0. The molecule has 0 saturated heterocycles. The van der Waals surface area contributed by atoms with E-state index in [0.717, 1.165) is 5.56 Å². The van der Waals surface area contributed by atoms with Crippen LogP contribution in [-0.2, 0) is 9.53 Å². The van der Waals surface area contributed by atoms with Crippen LogP contribution in [0.5, 0.6) is 5.75 Å². The van der Waals surface area contributed by atoms with Gasteiger partial charge >= 0.3 is 6.09 Å². The molecule has 6 nitrogen and oxygen atoms in total. The number of ether oxygens (including phenoxy) is 2. The van der Waals surface area contributed by atoms with E-state index in [4.69, 9.17) is 9.47 Å². The number of hydrogen-bond acceptors (Lipinski definition) is 4. The SMILES string of the molecule is CCOC(=O)N[C@@H](CC(=O)Nc1cccc(OC)c1)c1ccccc1. The van der Waals surface area contributed by atoms with Crippen LogP contribution in [0.4, 0.5) is 10.5 Å². The standard InChI is InChI=1S/C19H22N2O4/c1-3-25-19(23)21-17(14-8-5-4-6-9-14)13-18(22)20-15-10-7-11-16(12-15)24-2/h4-12,17H,3,13H2,1-2H3,(H,20,22)(H,21,23)/t17-/m0/s1. The van der Waals surface area contributed by atoms with Gasteiger partial charge in [0, 0.05) is 11.8 Å². The molecular formula is C19H22N2O4. The van der Waals surface area contributed by atoms with Crippen molar-refractivity contribution in [2.75, 3.05) is 19.0 Å². The van der Waals surface area contributed by atoms with Gasteiger partial charge < -0.3 is 20.1 Å². The van der Waals surface area contributed by atoms with Gasteiger partial charge in [-0.25, -0.2) is 4.79 Å². The molecule has 0 unspecified atom stereocenters. The van der Waals surface area contributed by atoms with Crippen LogP contribution in [0.15, 0.2) is 54.6 Å². The summed E-state index contributed by atoms with van der Waals surface area (Å²) in [7, 11) is 1.57. The maximum atomic E-state index is 12.4. The van der Waals surface area contributed by atoms with Gasteiger partial charge in [0.25, 0.3) is 0 Å². The number of carbonyl (C=O) groups excluding carboxylic acids is 2. The highest BCUT2D eigenvalue weighted by atomic mass is 16.5. The zero-order chi connectivity index (χ0) is 18.1. The Morgan fingerprint density at radius 2 is 1.84 bits per heavy atom. The molecule has 2 aromatic carbocycles. The molecule has 0 aromatic heterocycles. The lowest BCUT2D eigenvalue weighted by Crippen LogP contribution is -2.32. The van der Waals surface area contributed by atoms with Gasteiger partial charge in [0.1, 0.15) is 5.75 Å². The van der Waals surface area contributed by atoms with Crippen LogP contribution in [0, 0.1) is 0 Å². The smallest absolute Gasteiger partial charge is 0.407 e. The highest BCUT2D eigenvalue weighted by Gasteiger charge is 2.19. The van der Waals surface area contributed by atoms with Crippen LogP contribution in [-0.4, -0.2) is 25.7 Å². The third-order valence-corrected chi connectivity index (χ3v) is 3.51. The summed E-state index contributed by atoms with van der Waals surface area (Å²) < 4.78 is 10.1. The largest absolute Gasteiger partial charge is 0.497 e. The Bertz CT molecular complexity index is 704. The molecule has 132 valence electrons. The lowest BCUT2D eigenvalue weighted by Gasteiger charge is -2.18. The van der Waals surface area contributed by atoms with Gasteiger partial charge in [-0.1, -0.05) is 36.4 Å². The molecule has 25 heavy (non-hydrogen) atoms. The average Bonchev–Trinajstić information content (AvgIpc) is 2.62. The Kier molecular flexibility index (Phi) is 6.83. The normalized spacial score (nSPS) is 11.3. The Labute approximate surface area is 147 Å². The van der Waals surface area contributed by atoms with E-state index in [9.17, 15) is 9.59 Å².